The summed E-state index contributed by atoms with van der Waals surface area (Å²) in [5.74, 6) is 3.80. The summed E-state index contributed by atoms with van der Waals surface area (Å²) in [6, 6.07) is 40.6. The first kappa shape index (κ1) is 45.9. The van der Waals surface area contributed by atoms with E-state index in [4.69, 9.17) is 25.9 Å². The van der Waals surface area contributed by atoms with Crippen molar-refractivity contribution in [3.63, 3.8) is 0 Å². The standard InChI is InChI=1S/2C26H27O.C2H6Si.2ClH.Zr/c2*1-5-18-12-19(6-2)14-23(13-18)26-20(7-3)9-10-21-15-22(16-24(21)26)25-11-8-17(4)27-25;1-3-2;;;/h2*8-16H,5-7H2,1-4H3;1-2H3;2*1H;/q2*-1;;;;+2/p-2. The van der Waals surface area contributed by atoms with E-state index in [2.05, 4.69) is 152 Å². The van der Waals surface area contributed by atoms with Crippen molar-refractivity contribution in [2.45, 2.75) is 107 Å². The third kappa shape index (κ3) is 10.7. The van der Waals surface area contributed by atoms with Gasteiger partial charge in [-0.25, -0.2) is 0 Å². The molecule has 60 heavy (non-hydrogen) atoms. The third-order valence-electron chi connectivity index (χ3n) is 11.5. The Morgan fingerprint density at radius 2 is 0.833 bits per heavy atom. The van der Waals surface area contributed by atoms with Crippen LogP contribution in [0.3, 0.4) is 0 Å². The molecule has 0 bridgehead atoms. The van der Waals surface area contributed by atoms with Crippen molar-refractivity contribution in [2.75, 3.05) is 0 Å². The number of hydrogen-bond donors (Lipinski definition) is 0. The van der Waals surface area contributed by atoms with E-state index in [1.165, 1.54) is 77.2 Å². The SMILES string of the molecule is CCc1cc(CC)cc(-c2c(CC)ccc3[cH-]c(-c4ccc(C)o4)cc23)c1.CCc1cc(CC)cc(-c2c(CC)ccc3[cH-]c(-c4ccc(C)o4)cc23)c1.C[Si](C)=[Zr]([Cl])[Cl]. The zero-order valence-corrected chi connectivity index (χ0v) is 42.2. The fraction of sp³-hybridized carbons (Fsp3) is 0.296. The summed E-state index contributed by atoms with van der Waals surface area (Å²) >= 11 is -1.65. The van der Waals surface area contributed by atoms with Crippen LogP contribution in [0.15, 0.2) is 118 Å². The monoisotopic (exact) mass is 928 g/mol. The van der Waals surface area contributed by atoms with Crippen LogP contribution in [-0.4, -0.2) is 5.43 Å². The fourth-order valence-electron chi connectivity index (χ4n) is 8.02. The molecule has 0 unspecified atom stereocenters. The Hall–Kier alpha value is -3.66. The predicted molar refractivity (Wildman–Crippen MR) is 260 cm³/mol. The van der Waals surface area contributed by atoms with E-state index in [9.17, 15) is 0 Å². The van der Waals surface area contributed by atoms with Crippen LogP contribution >= 0.6 is 17.0 Å². The summed E-state index contributed by atoms with van der Waals surface area (Å²) in [5.41, 5.74) is 16.0. The third-order valence-corrected chi connectivity index (χ3v) is 31.2. The number of benzene rings is 4. The van der Waals surface area contributed by atoms with Crippen LogP contribution in [0.2, 0.25) is 13.1 Å². The van der Waals surface area contributed by atoms with Gasteiger partial charge >= 0.3 is 53.5 Å². The van der Waals surface area contributed by atoms with Crippen LogP contribution in [0.1, 0.15) is 86.4 Å². The zero-order chi connectivity index (χ0) is 43.1. The van der Waals surface area contributed by atoms with Crippen molar-refractivity contribution in [2.24, 2.45) is 0 Å². The summed E-state index contributed by atoms with van der Waals surface area (Å²) in [4.78, 5) is 0. The van der Waals surface area contributed by atoms with Gasteiger partial charge in [0.25, 0.3) is 0 Å². The van der Waals surface area contributed by atoms with Crippen LogP contribution in [0.4, 0.5) is 0 Å². The molecular formula is C54H60Cl2O2SiZr-2. The van der Waals surface area contributed by atoms with Gasteiger partial charge in [0, 0.05) is 0 Å². The minimum absolute atomic E-state index is 0.224. The summed E-state index contributed by atoms with van der Waals surface area (Å²) in [6.07, 6.45) is 6.33. The second-order valence-corrected chi connectivity index (χ2v) is 39.0. The molecule has 8 aromatic rings. The molecule has 2 aromatic heterocycles. The van der Waals surface area contributed by atoms with E-state index in [1.807, 2.05) is 26.0 Å². The normalized spacial score (nSPS) is 11.1. The van der Waals surface area contributed by atoms with Crippen LogP contribution in [0, 0.1) is 13.8 Å². The second kappa shape index (κ2) is 20.9. The van der Waals surface area contributed by atoms with Crippen molar-refractivity contribution in [1.29, 1.82) is 0 Å². The predicted octanol–water partition coefficient (Wildman–Crippen LogP) is 17.1. The fourth-order valence-corrected chi connectivity index (χ4v) is 8.02. The maximum absolute atomic E-state index is 5.87. The molecule has 0 aliphatic rings. The van der Waals surface area contributed by atoms with Gasteiger partial charge in [-0.1, -0.05) is 112 Å². The Bertz CT molecular complexity index is 2510. The van der Waals surface area contributed by atoms with E-state index in [1.54, 1.807) is 0 Å². The van der Waals surface area contributed by atoms with Crippen molar-refractivity contribution in [3.05, 3.63) is 154 Å². The van der Waals surface area contributed by atoms with Crippen LogP contribution < -0.4 is 0 Å². The molecule has 0 saturated carbocycles. The molecule has 0 saturated heterocycles. The van der Waals surface area contributed by atoms with Gasteiger partial charge in [0.05, 0.1) is 23.0 Å². The number of aryl methyl sites for hydroxylation is 8. The Labute approximate surface area is 374 Å². The average Bonchev–Trinajstić information content (AvgIpc) is 4.09. The summed E-state index contributed by atoms with van der Waals surface area (Å²) < 4.78 is 11.7. The second-order valence-electron chi connectivity index (χ2n) is 16.0. The molecule has 6 heteroatoms. The van der Waals surface area contributed by atoms with Crippen LogP contribution in [0.25, 0.3) is 66.4 Å². The number of furan rings is 2. The molecule has 2 nitrogen and oxygen atoms in total. The Morgan fingerprint density at radius 3 is 1.10 bits per heavy atom. The molecule has 0 aliphatic carbocycles. The first-order valence-electron chi connectivity index (χ1n) is 21.7. The minimum atomic E-state index is -1.65. The number of fused-ring (bicyclic) bond motifs is 2. The van der Waals surface area contributed by atoms with Gasteiger partial charge in [-0.05, 0) is 121 Å². The van der Waals surface area contributed by atoms with Gasteiger partial charge in [0.1, 0.15) is 0 Å². The molecule has 0 spiro atoms. The van der Waals surface area contributed by atoms with Gasteiger partial charge in [-0.2, -0.15) is 0 Å². The van der Waals surface area contributed by atoms with Crippen molar-refractivity contribution in [1.82, 2.24) is 0 Å². The van der Waals surface area contributed by atoms with Crippen molar-refractivity contribution in [3.8, 4) is 44.9 Å². The van der Waals surface area contributed by atoms with Gasteiger partial charge in [-0.3, -0.25) is 0 Å². The van der Waals surface area contributed by atoms with E-state index < -0.39 is 18.0 Å². The van der Waals surface area contributed by atoms with E-state index in [0.717, 1.165) is 72.7 Å². The maximum atomic E-state index is 5.87. The van der Waals surface area contributed by atoms with Crippen LogP contribution in [-0.2, 0) is 56.5 Å². The molecule has 8 rings (SSSR count). The van der Waals surface area contributed by atoms with Gasteiger partial charge in [0.15, 0.2) is 0 Å². The molecular weight excluding hydrogens is 871 g/mol. The summed E-state index contributed by atoms with van der Waals surface area (Å²) in [7, 11) is 11.2. The number of halogens is 2. The molecule has 0 amide bonds. The van der Waals surface area contributed by atoms with E-state index in [-0.39, 0.29) is 5.43 Å². The molecule has 6 aromatic carbocycles. The molecule has 0 atom stereocenters. The number of hydrogen-bond acceptors (Lipinski definition) is 2. The van der Waals surface area contributed by atoms with Crippen molar-refractivity contribution >= 4 is 44.0 Å². The molecule has 0 N–H and O–H groups in total. The zero-order valence-electron chi connectivity index (χ0n) is 37.2. The van der Waals surface area contributed by atoms with Gasteiger partial charge in [-0.15, -0.1) is 57.9 Å². The first-order valence-corrected chi connectivity index (χ1v) is 34.2. The van der Waals surface area contributed by atoms with Crippen LogP contribution in [0.5, 0.6) is 0 Å². The molecule has 0 radical (unpaired) electrons. The molecule has 312 valence electrons. The van der Waals surface area contributed by atoms with Gasteiger partial charge in [0.2, 0.25) is 0 Å². The van der Waals surface area contributed by atoms with Gasteiger partial charge < -0.3 is 8.83 Å². The molecule has 0 fully saturated rings. The Kier molecular flexibility index (Phi) is 16.0. The van der Waals surface area contributed by atoms with E-state index >= 15 is 0 Å². The molecule has 0 aliphatic heterocycles. The Balaban J connectivity index is 0.000000177. The average molecular weight is 931 g/mol. The topological polar surface area (TPSA) is 26.3 Å². The van der Waals surface area contributed by atoms with E-state index in [0.29, 0.717) is 0 Å². The summed E-state index contributed by atoms with van der Waals surface area (Å²) in [5, 5.41) is 5.22. The first-order chi connectivity index (χ1) is 28.9. The summed E-state index contributed by atoms with van der Waals surface area (Å²) in [6.45, 7) is 21.8. The molecule has 2 heterocycles. The number of rotatable bonds is 10. The Morgan fingerprint density at radius 1 is 0.483 bits per heavy atom. The quantitative estimate of drug-likeness (QED) is 0.101. The van der Waals surface area contributed by atoms with Crippen molar-refractivity contribution < 1.29 is 26.8 Å².